The Morgan fingerprint density at radius 1 is 1.04 bits per heavy atom. The molecule has 0 aliphatic heterocycles. The number of hydrogen-bond donors (Lipinski definition) is 3. The Morgan fingerprint density at radius 3 is 2.59 bits per heavy atom. The van der Waals surface area contributed by atoms with Crippen LogP contribution in [0.15, 0.2) is 42.7 Å². The monoisotopic (exact) mass is 382 g/mol. The first-order valence-corrected chi connectivity index (χ1v) is 9.68. The first-order valence-electron chi connectivity index (χ1n) is 9.30. The molecule has 140 valence electrons. The van der Waals surface area contributed by atoms with Gasteiger partial charge in [-0.15, -0.1) is 0 Å². The van der Waals surface area contributed by atoms with Gasteiger partial charge in [-0.05, 0) is 49.8 Å². The second kappa shape index (κ2) is 7.96. The normalized spacial score (nSPS) is 19.7. The molecule has 0 saturated heterocycles. The summed E-state index contributed by atoms with van der Waals surface area (Å²) in [4.78, 5) is 13.1. The van der Waals surface area contributed by atoms with Crippen LogP contribution < -0.4 is 16.4 Å². The van der Waals surface area contributed by atoms with Crippen molar-refractivity contribution in [1.82, 2.24) is 15.0 Å². The highest BCUT2D eigenvalue weighted by molar-refractivity contribution is 6.35. The zero-order valence-corrected chi connectivity index (χ0v) is 15.8. The van der Waals surface area contributed by atoms with Crippen molar-refractivity contribution >= 4 is 40.0 Å². The predicted octanol–water partition coefficient (Wildman–Crippen LogP) is 4.34. The molecule has 6 nitrogen and oxygen atoms in total. The largest absolute Gasteiger partial charge is 0.396 e. The molecule has 4 rings (SSSR count). The lowest BCUT2D eigenvalue weighted by Crippen LogP contribution is -2.29. The van der Waals surface area contributed by atoms with Crippen LogP contribution in [0.2, 0.25) is 5.02 Å². The van der Waals surface area contributed by atoms with E-state index in [0.717, 1.165) is 48.9 Å². The molecule has 0 radical (unpaired) electrons. The molecule has 4 N–H and O–H groups in total. The Hall–Kier alpha value is -2.60. The Morgan fingerprint density at radius 2 is 1.81 bits per heavy atom. The zero-order chi connectivity index (χ0) is 18.6. The average Bonchev–Trinajstić information content (AvgIpc) is 2.69. The Labute approximate surface area is 163 Å². The lowest BCUT2D eigenvalue weighted by molar-refractivity contribution is 0.350. The summed E-state index contributed by atoms with van der Waals surface area (Å²) in [6.07, 6.45) is 7.81. The first-order chi connectivity index (χ1) is 13.2. The van der Waals surface area contributed by atoms with Crippen LogP contribution in [0, 0.1) is 5.92 Å². The lowest BCUT2D eigenvalue weighted by atomic mass is 9.86. The molecule has 27 heavy (non-hydrogen) atoms. The van der Waals surface area contributed by atoms with Crippen LogP contribution >= 0.6 is 11.6 Å². The maximum atomic E-state index is 6.27. The molecule has 1 aliphatic carbocycles. The van der Waals surface area contributed by atoms with E-state index >= 15 is 0 Å². The summed E-state index contributed by atoms with van der Waals surface area (Å²) >= 11 is 6.27. The lowest BCUT2D eigenvalue weighted by Gasteiger charge is -2.29. The number of anilines is 3. The van der Waals surface area contributed by atoms with E-state index in [4.69, 9.17) is 17.3 Å². The molecule has 0 unspecified atom stereocenters. The van der Waals surface area contributed by atoms with Crippen LogP contribution in [-0.2, 0) is 0 Å². The van der Waals surface area contributed by atoms with E-state index in [1.807, 2.05) is 24.3 Å². The highest BCUT2D eigenvalue weighted by atomic mass is 35.5. The molecular formula is C20H23ClN6. The number of fused-ring (bicyclic) bond motifs is 1. The molecule has 2 aromatic heterocycles. The summed E-state index contributed by atoms with van der Waals surface area (Å²) in [5.41, 5.74) is 7.04. The number of halogens is 1. The fourth-order valence-electron chi connectivity index (χ4n) is 3.58. The molecule has 0 atom stereocenters. The van der Waals surface area contributed by atoms with Gasteiger partial charge >= 0.3 is 0 Å². The van der Waals surface area contributed by atoms with Crippen molar-refractivity contribution in [3.05, 3.63) is 47.7 Å². The van der Waals surface area contributed by atoms with Gasteiger partial charge in [-0.25, -0.2) is 15.0 Å². The third-order valence-electron chi connectivity index (χ3n) is 5.09. The summed E-state index contributed by atoms with van der Waals surface area (Å²) in [5, 5.41) is 8.63. The van der Waals surface area contributed by atoms with E-state index in [9.17, 15) is 0 Å². The number of nitrogens with two attached hydrogens (primary N) is 1. The van der Waals surface area contributed by atoms with Crippen molar-refractivity contribution in [3.8, 4) is 0 Å². The van der Waals surface area contributed by atoms with Gasteiger partial charge in [0.2, 0.25) is 5.95 Å². The summed E-state index contributed by atoms with van der Waals surface area (Å²) in [7, 11) is 0. The van der Waals surface area contributed by atoms with Crippen molar-refractivity contribution in [2.45, 2.75) is 31.7 Å². The SMILES string of the molecule is Nc1cnc(NCC2CCC(Nc3ccc4cccc(Cl)c4n3)CC2)nc1. The Balaban J connectivity index is 1.29. The summed E-state index contributed by atoms with van der Waals surface area (Å²) in [6, 6.07) is 10.4. The average molecular weight is 383 g/mol. The number of hydrogen-bond acceptors (Lipinski definition) is 6. The molecule has 0 spiro atoms. The van der Waals surface area contributed by atoms with E-state index in [0.29, 0.717) is 28.6 Å². The van der Waals surface area contributed by atoms with E-state index in [2.05, 4.69) is 31.7 Å². The molecule has 2 heterocycles. The van der Waals surface area contributed by atoms with Crippen molar-refractivity contribution in [2.75, 3.05) is 22.9 Å². The minimum absolute atomic E-state index is 0.446. The number of aromatic nitrogens is 3. The fourth-order valence-corrected chi connectivity index (χ4v) is 3.80. The van der Waals surface area contributed by atoms with Gasteiger partial charge in [0.1, 0.15) is 5.82 Å². The van der Waals surface area contributed by atoms with Gasteiger partial charge in [-0.2, -0.15) is 0 Å². The maximum Gasteiger partial charge on any atom is 0.222 e. The van der Waals surface area contributed by atoms with Gasteiger partial charge in [-0.1, -0.05) is 23.7 Å². The van der Waals surface area contributed by atoms with Gasteiger partial charge < -0.3 is 16.4 Å². The number of para-hydroxylation sites is 1. The van der Waals surface area contributed by atoms with E-state index < -0.39 is 0 Å². The molecule has 0 bridgehead atoms. The first kappa shape index (κ1) is 17.8. The van der Waals surface area contributed by atoms with E-state index in [1.54, 1.807) is 12.4 Å². The molecule has 1 aliphatic rings. The van der Waals surface area contributed by atoms with Gasteiger partial charge in [0, 0.05) is 18.0 Å². The number of nitrogens with zero attached hydrogens (tertiary/aromatic N) is 3. The minimum Gasteiger partial charge on any atom is -0.396 e. The van der Waals surface area contributed by atoms with Crippen LogP contribution in [0.5, 0.6) is 0 Å². The Kier molecular flexibility index (Phi) is 5.25. The fraction of sp³-hybridized carbons (Fsp3) is 0.350. The van der Waals surface area contributed by atoms with Crippen molar-refractivity contribution in [1.29, 1.82) is 0 Å². The smallest absolute Gasteiger partial charge is 0.222 e. The second-order valence-corrected chi connectivity index (χ2v) is 7.50. The van der Waals surface area contributed by atoms with Gasteiger partial charge in [0.05, 0.1) is 28.6 Å². The number of rotatable bonds is 5. The number of pyridine rings is 1. The number of benzene rings is 1. The topological polar surface area (TPSA) is 88.8 Å². The van der Waals surface area contributed by atoms with Crippen LogP contribution in [-0.4, -0.2) is 27.5 Å². The third kappa shape index (κ3) is 4.39. The van der Waals surface area contributed by atoms with E-state index in [-0.39, 0.29) is 0 Å². The molecule has 0 amide bonds. The standard InChI is InChI=1S/C20H23ClN6/c21-17-3-1-2-14-6-9-18(27-19(14)17)26-16-7-4-13(5-8-16)10-23-20-24-11-15(22)12-25-20/h1-3,6,9,11-13,16H,4-5,7-8,10,22H2,(H,26,27)(H,23,24,25). The molecule has 1 fully saturated rings. The quantitative estimate of drug-likeness (QED) is 0.608. The maximum absolute atomic E-state index is 6.27. The highest BCUT2D eigenvalue weighted by Gasteiger charge is 2.21. The predicted molar refractivity (Wildman–Crippen MR) is 111 cm³/mol. The molecule has 3 aromatic rings. The second-order valence-electron chi connectivity index (χ2n) is 7.09. The zero-order valence-electron chi connectivity index (χ0n) is 15.0. The minimum atomic E-state index is 0.446. The van der Waals surface area contributed by atoms with Crippen molar-refractivity contribution in [3.63, 3.8) is 0 Å². The highest BCUT2D eigenvalue weighted by Crippen LogP contribution is 2.28. The van der Waals surface area contributed by atoms with E-state index in [1.165, 1.54) is 0 Å². The van der Waals surface area contributed by atoms with Gasteiger partial charge in [-0.3, -0.25) is 0 Å². The van der Waals surface area contributed by atoms with Crippen molar-refractivity contribution in [2.24, 2.45) is 5.92 Å². The van der Waals surface area contributed by atoms with Gasteiger partial charge in [0.15, 0.2) is 0 Å². The van der Waals surface area contributed by atoms with Gasteiger partial charge in [0.25, 0.3) is 0 Å². The van der Waals surface area contributed by atoms with Crippen LogP contribution in [0.3, 0.4) is 0 Å². The Bertz CT molecular complexity index is 906. The van der Waals surface area contributed by atoms with Crippen molar-refractivity contribution < 1.29 is 0 Å². The molecule has 1 aromatic carbocycles. The summed E-state index contributed by atoms with van der Waals surface area (Å²) < 4.78 is 0. The number of nitrogens with one attached hydrogen (secondary N) is 2. The summed E-state index contributed by atoms with van der Waals surface area (Å²) in [5.74, 6) is 2.16. The molecular weight excluding hydrogens is 360 g/mol. The number of nitrogen functional groups attached to an aromatic ring is 1. The van der Waals surface area contributed by atoms with Crippen LogP contribution in [0.1, 0.15) is 25.7 Å². The summed E-state index contributed by atoms with van der Waals surface area (Å²) in [6.45, 7) is 0.889. The third-order valence-corrected chi connectivity index (χ3v) is 5.40. The van der Waals surface area contributed by atoms with Crippen LogP contribution in [0.25, 0.3) is 10.9 Å². The van der Waals surface area contributed by atoms with Crippen LogP contribution in [0.4, 0.5) is 17.5 Å². The molecule has 1 saturated carbocycles. The molecule has 7 heteroatoms.